The van der Waals surface area contributed by atoms with E-state index in [1.165, 1.54) is 11.1 Å². The summed E-state index contributed by atoms with van der Waals surface area (Å²) in [5.74, 6) is 0.312. The highest BCUT2D eigenvalue weighted by Gasteiger charge is 2.24. The van der Waals surface area contributed by atoms with E-state index in [-0.39, 0.29) is 11.5 Å². The fourth-order valence-electron chi connectivity index (χ4n) is 2.41. The van der Waals surface area contributed by atoms with Crippen molar-refractivity contribution in [2.45, 2.75) is 45.1 Å². The van der Waals surface area contributed by atoms with E-state index >= 15 is 0 Å². The van der Waals surface area contributed by atoms with Crippen LogP contribution in [-0.2, 0) is 16.6 Å². The monoisotopic (exact) mass is 248 g/mol. The Morgan fingerprint density at radius 3 is 2.44 bits per heavy atom. The van der Waals surface area contributed by atoms with Crippen LogP contribution in [-0.4, -0.2) is 24.4 Å². The maximum Gasteiger partial charge on any atom is 0.0631 e. The predicted molar refractivity (Wildman–Crippen MR) is 73.8 cm³/mol. The number of benzene rings is 1. The summed E-state index contributed by atoms with van der Waals surface area (Å²) in [4.78, 5) is 0. The van der Waals surface area contributed by atoms with E-state index in [0.717, 1.165) is 19.4 Å². The maximum atomic E-state index is 10.2. The zero-order valence-corrected chi connectivity index (χ0v) is 11.6. The molecular formula is C16H24O2. The van der Waals surface area contributed by atoms with Crippen molar-refractivity contribution in [1.29, 1.82) is 0 Å². The minimum atomic E-state index is -0.270. The van der Waals surface area contributed by atoms with Crippen molar-refractivity contribution >= 4 is 0 Å². The lowest BCUT2D eigenvalue weighted by atomic mass is 9.86. The first kappa shape index (κ1) is 13.6. The second-order valence-electron chi connectivity index (χ2n) is 6.34. The van der Waals surface area contributed by atoms with Crippen molar-refractivity contribution < 1.29 is 9.84 Å². The second kappa shape index (κ2) is 5.41. The molecule has 0 saturated carbocycles. The summed E-state index contributed by atoms with van der Waals surface area (Å²) in [7, 11) is 0. The van der Waals surface area contributed by atoms with E-state index < -0.39 is 0 Å². The van der Waals surface area contributed by atoms with Crippen molar-refractivity contribution in [3.8, 4) is 0 Å². The van der Waals surface area contributed by atoms with Gasteiger partial charge in [-0.1, -0.05) is 45.0 Å². The molecule has 0 radical (unpaired) electrons. The van der Waals surface area contributed by atoms with Gasteiger partial charge < -0.3 is 9.84 Å². The van der Waals surface area contributed by atoms with Crippen LogP contribution in [0.2, 0.25) is 0 Å². The zero-order chi connectivity index (χ0) is 13.2. The average Bonchev–Trinajstić information content (AvgIpc) is 2.82. The summed E-state index contributed by atoms with van der Waals surface area (Å²) in [6, 6.07) is 8.62. The topological polar surface area (TPSA) is 29.5 Å². The average molecular weight is 248 g/mol. The maximum absolute atomic E-state index is 10.2. The highest BCUT2D eigenvalue weighted by molar-refractivity contribution is 5.27. The lowest BCUT2D eigenvalue weighted by molar-refractivity contribution is 0.0919. The number of rotatable bonds is 3. The lowest BCUT2D eigenvalue weighted by Crippen LogP contribution is -2.23. The molecule has 1 aliphatic heterocycles. The van der Waals surface area contributed by atoms with E-state index in [0.29, 0.717) is 12.5 Å². The number of hydrogen-bond donors (Lipinski definition) is 1. The van der Waals surface area contributed by atoms with Gasteiger partial charge in [-0.3, -0.25) is 0 Å². The Morgan fingerprint density at radius 1 is 1.28 bits per heavy atom. The van der Waals surface area contributed by atoms with Gasteiger partial charge in [-0.25, -0.2) is 0 Å². The van der Waals surface area contributed by atoms with Gasteiger partial charge in [0.2, 0.25) is 0 Å². The van der Waals surface area contributed by atoms with Gasteiger partial charge in [0.1, 0.15) is 0 Å². The standard InChI is InChI=1S/C16H24O2/c1-16(2,3)14-6-4-12(5-7-14)10-15(17)13-8-9-18-11-13/h4-7,13,15,17H,8-11H2,1-3H3. The van der Waals surface area contributed by atoms with Crippen molar-refractivity contribution in [1.82, 2.24) is 0 Å². The quantitative estimate of drug-likeness (QED) is 0.891. The lowest BCUT2D eigenvalue weighted by Gasteiger charge is -2.20. The van der Waals surface area contributed by atoms with E-state index in [9.17, 15) is 5.11 Å². The van der Waals surface area contributed by atoms with Crippen LogP contribution in [0.25, 0.3) is 0 Å². The number of ether oxygens (including phenoxy) is 1. The third-order valence-corrected chi connectivity index (χ3v) is 3.77. The Hall–Kier alpha value is -0.860. The van der Waals surface area contributed by atoms with Gasteiger partial charge in [-0.15, -0.1) is 0 Å². The van der Waals surface area contributed by atoms with E-state index in [4.69, 9.17) is 4.74 Å². The molecular weight excluding hydrogens is 224 g/mol. The summed E-state index contributed by atoms with van der Waals surface area (Å²) >= 11 is 0. The Labute approximate surface area is 110 Å². The van der Waals surface area contributed by atoms with Crippen LogP contribution in [0.15, 0.2) is 24.3 Å². The van der Waals surface area contributed by atoms with Crippen LogP contribution in [0.4, 0.5) is 0 Å². The van der Waals surface area contributed by atoms with Crippen molar-refractivity contribution in [3.05, 3.63) is 35.4 Å². The van der Waals surface area contributed by atoms with Crippen LogP contribution in [0.3, 0.4) is 0 Å². The molecule has 2 heteroatoms. The van der Waals surface area contributed by atoms with Crippen LogP contribution >= 0.6 is 0 Å². The Balaban J connectivity index is 1.97. The third-order valence-electron chi connectivity index (χ3n) is 3.77. The Bertz CT molecular complexity index is 369. The SMILES string of the molecule is CC(C)(C)c1ccc(CC(O)C2CCOC2)cc1. The molecule has 1 N–H and O–H groups in total. The molecule has 2 nitrogen and oxygen atoms in total. The van der Waals surface area contributed by atoms with Crippen molar-refractivity contribution in [2.75, 3.05) is 13.2 Å². The summed E-state index contributed by atoms with van der Waals surface area (Å²) in [5, 5.41) is 10.2. The molecule has 18 heavy (non-hydrogen) atoms. The molecule has 2 atom stereocenters. The molecule has 0 spiro atoms. The van der Waals surface area contributed by atoms with Gasteiger partial charge in [0, 0.05) is 12.5 Å². The smallest absolute Gasteiger partial charge is 0.0631 e. The van der Waals surface area contributed by atoms with Crippen LogP contribution in [0, 0.1) is 5.92 Å². The highest BCUT2D eigenvalue weighted by Crippen LogP contribution is 2.24. The van der Waals surface area contributed by atoms with Crippen molar-refractivity contribution in [2.24, 2.45) is 5.92 Å². The molecule has 1 saturated heterocycles. The first-order valence-electron chi connectivity index (χ1n) is 6.82. The molecule has 100 valence electrons. The summed E-state index contributed by atoms with van der Waals surface area (Å²) in [5.41, 5.74) is 2.74. The normalized spacial score (nSPS) is 22.1. The first-order valence-corrected chi connectivity index (χ1v) is 6.82. The summed E-state index contributed by atoms with van der Waals surface area (Å²) < 4.78 is 5.32. The van der Waals surface area contributed by atoms with Gasteiger partial charge in [-0.05, 0) is 29.4 Å². The molecule has 0 bridgehead atoms. The minimum Gasteiger partial charge on any atom is -0.392 e. The molecule has 1 aromatic carbocycles. The molecule has 1 aromatic rings. The summed E-state index contributed by atoms with van der Waals surface area (Å²) in [6.45, 7) is 8.15. The van der Waals surface area contributed by atoms with Gasteiger partial charge >= 0.3 is 0 Å². The third kappa shape index (κ3) is 3.33. The van der Waals surface area contributed by atoms with Crippen LogP contribution in [0.1, 0.15) is 38.3 Å². The van der Waals surface area contributed by atoms with Gasteiger partial charge in [0.25, 0.3) is 0 Å². The molecule has 1 aliphatic rings. The molecule has 0 amide bonds. The number of hydrogen-bond acceptors (Lipinski definition) is 2. The Morgan fingerprint density at radius 2 is 1.94 bits per heavy atom. The Kier molecular flexibility index (Phi) is 4.08. The van der Waals surface area contributed by atoms with Crippen molar-refractivity contribution in [3.63, 3.8) is 0 Å². The van der Waals surface area contributed by atoms with Gasteiger partial charge in [0.05, 0.1) is 12.7 Å². The molecule has 2 unspecified atom stereocenters. The van der Waals surface area contributed by atoms with Crippen LogP contribution in [0.5, 0.6) is 0 Å². The fourth-order valence-corrected chi connectivity index (χ4v) is 2.41. The van der Waals surface area contributed by atoms with Gasteiger partial charge in [-0.2, -0.15) is 0 Å². The molecule has 0 aliphatic carbocycles. The molecule has 0 aromatic heterocycles. The highest BCUT2D eigenvalue weighted by atomic mass is 16.5. The first-order chi connectivity index (χ1) is 8.47. The fraction of sp³-hybridized carbons (Fsp3) is 0.625. The number of aliphatic hydroxyl groups excluding tert-OH is 1. The molecule has 2 rings (SSSR count). The van der Waals surface area contributed by atoms with Gasteiger partial charge in [0.15, 0.2) is 0 Å². The van der Waals surface area contributed by atoms with E-state index in [1.54, 1.807) is 0 Å². The number of aliphatic hydroxyl groups is 1. The zero-order valence-electron chi connectivity index (χ0n) is 11.6. The predicted octanol–water partition coefficient (Wildman–Crippen LogP) is 2.92. The van der Waals surface area contributed by atoms with Crippen LogP contribution < -0.4 is 0 Å². The second-order valence-corrected chi connectivity index (χ2v) is 6.34. The molecule has 1 fully saturated rings. The summed E-state index contributed by atoms with van der Waals surface area (Å²) in [6.07, 6.45) is 1.45. The van der Waals surface area contributed by atoms with E-state index in [1.807, 2.05) is 0 Å². The molecule has 1 heterocycles. The largest absolute Gasteiger partial charge is 0.392 e. The van der Waals surface area contributed by atoms with E-state index in [2.05, 4.69) is 45.0 Å². The minimum absolute atomic E-state index is 0.191.